The minimum absolute atomic E-state index is 0.362. The Hall–Kier alpha value is -2.04. The molecule has 0 fully saturated rings. The van der Waals surface area contributed by atoms with Crippen LogP contribution in [0, 0.1) is 0 Å². The topological polar surface area (TPSA) is 78.1 Å². The van der Waals surface area contributed by atoms with Crippen LogP contribution in [-0.2, 0) is 0 Å². The van der Waals surface area contributed by atoms with Crippen molar-refractivity contribution in [2.45, 2.75) is 0 Å². The molecule has 1 aromatic carbocycles. The van der Waals surface area contributed by atoms with Crippen molar-refractivity contribution in [3.8, 4) is 0 Å². The maximum Gasteiger partial charge on any atom is 0.326 e. The lowest BCUT2D eigenvalue weighted by atomic mass is 10.2. The quantitative estimate of drug-likeness (QED) is 0.553. The summed E-state index contributed by atoms with van der Waals surface area (Å²) < 4.78 is 0. The van der Waals surface area contributed by atoms with Crippen LogP contribution >= 0.6 is 12.2 Å². The van der Waals surface area contributed by atoms with E-state index in [4.69, 9.17) is 0 Å². The number of nitrogens with zero attached hydrogens (tertiary/aromatic N) is 1. The number of nitrogens with one attached hydrogen (secondary N) is 2. The Balaban J connectivity index is 2.88. The monoisotopic (exact) mass is 219 g/mol. The number of rotatable bonds is 1. The fourth-order valence-electron chi connectivity index (χ4n) is 1.28. The maximum atomic E-state index is 11.4. The predicted octanol–water partition coefficient (Wildman–Crippen LogP) is 0.951. The summed E-state index contributed by atoms with van der Waals surface area (Å²) in [6.45, 7) is 0. The molecule has 0 amide bonds. The zero-order chi connectivity index (χ0) is 10.8. The van der Waals surface area contributed by atoms with E-state index in [2.05, 4.69) is 32.3 Å². The Labute approximate surface area is 88.5 Å². The van der Waals surface area contributed by atoms with E-state index in [1.54, 1.807) is 12.1 Å². The van der Waals surface area contributed by atoms with Crippen LogP contribution in [0.3, 0.4) is 0 Å². The first-order chi connectivity index (χ1) is 7.20. The molecule has 15 heavy (non-hydrogen) atoms. The van der Waals surface area contributed by atoms with E-state index in [1.165, 1.54) is 6.07 Å². The van der Waals surface area contributed by atoms with E-state index in [0.29, 0.717) is 16.6 Å². The van der Waals surface area contributed by atoms with E-state index in [9.17, 15) is 9.59 Å². The van der Waals surface area contributed by atoms with Crippen LogP contribution < -0.4 is 11.2 Å². The summed E-state index contributed by atoms with van der Waals surface area (Å²) in [6.07, 6.45) is 0. The van der Waals surface area contributed by atoms with Crippen molar-refractivity contribution in [1.82, 2.24) is 9.97 Å². The lowest BCUT2D eigenvalue weighted by Gasteiger charge is -1.96. The number of fused-ring (bicyclic) bond motifs is 1. The van der Waals surface area contributed by atoms with Gasteiger partial charge in [0.1, 0.15) is 0 Å². The summed E-state index contributed by atoms with van der Waals surface area (Å²) in [4.78, 5) is 30.7. The molecule has 0 radical (unpaired) electrons. The molecule has 0 atom stereocenters. The molecule has 0 bridgehead atoms. The number of aromatic nitrogens is 2. The van der Waals surface area contributed by atoms with Gasteiger partial charge >= 0.3 is 5.69 Å². The Morgan fingerprint density at radius 1 is 1.27 bits per heavy atom. The van der Waals surface area contributed by atoms with Crippen LogP contribution in [0.25, 0.3) is 10.9 Å². The molecule has 74 valence electrons. The van der Waals surface area contributed by atoms with Crippen LogP contribution in [0.2, 0.25) is 0 Å². The van der Waals surface area contributed by atoms with Gasteiger partial charge in [0, 0.05) is 0 Å². The smallest absolute Gasteiger partial charge is 0.307 e. The zero-order valence-corrected chi connectivity index (χ0v) is 8.22. The summed E-state index contributed by atoms with van der Waals surface area (Å²) in [5.41, 5.74) is 0.0101. The molecule has 0 saturated carbocycles. The second-order valence-electron chi connectivity index (χ2n) is 2.84. The predicted molar refractivity (Wildman–Crippen MR) is 59.9 cm³/mol. The van der Waals surface area contributed by atoms with Gasteiger partial charge in [-0.1, -0.05) is 0 Å². The molecule has 0 saturated heterocycles. The van der Waals surface area contributed by atoms with Crippen molar-refractivity contribution in [2.24, 2.45) is 4.99 Å². The second-order valence-corrected chi connectivity index (χ2v) is 3.02. The highest BCUT2D eigenvalue weighted by molar-refractivity contribution is 7.78. The number of isothiocyanates is 1. The molecule has 1 heterocycles. The zero-order valence-electron chi connectivity index (χ0n) is 7.40. The van der Waals surface area contributed by atoms with Gasteiger partial charge in [0.05, 0.1) is 21.8 Å². The molecule has 6 heteroatoms. The Bertz CT molecular complexity index is 680. The highest BCUT2D eigenvalue weighted by Gasteiger charge is 2.00. The van der Waals surface area contributed by atoms with Crippen LogP contribution in [0.4, 0.5) is 5.69 Å². The van der Waals surface area contributed by atoms with Crippen molar-refractivity contribution in [3.63, 3.8) is 0 Å². The van der Waals surface area contributed by atoms with Crippen molar-refractivity contribution < 1.29 is 0 Å². The first-order valence-corrected chi connectivity index (χ1v) is 4.46. The minimum Gasteiger partial charge on any atom is -0.307 e. The number of hydrogen-bond donors (Lipinski definition) is 2. The van der Waals surface area contributed by atoms with Gasteiger partial charge in [-0.3, -0.25) is 9.78 Å². The van der Waals surface area contributed by atoms with E-state index >= 15 is 0 Å². The number of H-pyrrole nitrogens is 2. The summed E-state index contributed by atoms with van der Waals surface area (Å²) in [5, 5.41) is 2.57. The van der Waals surface area contributed by atoms with Crippen molar-refractivity contribution >= 4 is 34.0 Å². The molecule has 0 spiro atoms. The van der Waals surface area contributed by atoms with Crippen molar-refractivity contribution in [2.75, 3.05) is 0 Å². The summed E-state index contributed by atoms with van der Waals surface area (Å²) in [6, 6.07) is 4.76. The third kappa shape index (κ3) is 1.76. The molecule has 0 aliphatic carbocycles. The number of aliphatic imine (C=N–C) groups is 1. The summed E-state index contributed by atoms with van der Waals surface area (Å²) in [7, 11) is 0. The van der Waals surface area contributed by atoms with E-state index in [0.717, 1.165) is 0 Å². The van der Waals surface area contributed by atoms with Crippen LogP contribution in [0.1, 0.15) is 0 Å². The van der Waals surface area contributed by atoms with Gasteiger partial charge in [-0.25, -0.2) is 4.79 Å². The molecule has 1 aromatic heterocycles. The van der Waals surface area contributed by atoms with Gasteiger partial charge in [-0.15, -0.1) is 0 Å². The number of thiocarbonyl (C=S) groups is 1. The number of hydrogen-bond acceptors (Lipinski definition) is 4. The first kappa shape index (κ1) is 9.51. The molecule has 0 aliphatic heterocycles. The van der Waals surface area contributed by atoms with Crippen molar-refractivity contribution in [1.29, 1.82) is 0 Å². The minimum atomic E-state index is -0.529. The van der Waals surface area contributed by atoms with E-state index in [-0.39, 0.29) is 0 Å². The lowest BCUT2D eigenvalue weighted by Crippen LogP contribution is -2.21. The van der Waals surface area contributed by atoms with Crippen LogP contribution in [0.5, 0.6) is 0 Å². The third-order valence-corrected chi connectivity index (χ3v) is 1.99. The van der Waals surface area contributed by atoms with Crippen molar-refractivity contribution in [3.05, 3.63) is 39.0 Å². The molecule has 5 nitrogen and oxygen atoms in total. The standard InChI is InChI=1S/C9H5N3O2S/c13-8-6-3-5(10-4-15)1-2-7(6)11-9(14)12-8/h1-3H,(H2,11,12,13,14). The molecule has 2 N–H and O–H groups in total. The van der Waals surface area contributed by atoms with Gasteiger partial charge < -0.3 is 4.98 Å². The van der Waals surface area contributed by atoms with Crippen LogP contribution in [-0.4, -0.2) is 15.1 Å². The van der Waals surface area contributed by atoms with Crippen LogP contribution in [0.15, 0.2) is 32.8 Å². The Kier molecular flexibility index (Phi) is 2.29. The fraction of sp³-hybridized carbons (Fsp3) is 0. The average Bonchev–Trinajstić information content (AvgIpc) is 2.19. The SMILES string of the molecule is O=c1[nH]c(=O)c2cc(N=C=S)ccc2[nH]1. The molecule has 0 unspecified atom stereocenters. The van der Waals surface area contributed by atoms with E-state index < -0.39 is 11.2 Å². The largest absolute Gasteiger partial charge is 0.326 e. The Morgan fingerprint density at radius 3 is 2.80 bits per heavy atom. The number of aromatic amines is 2. The Morgan fingerprint density at radius 2 is 2.07 bits per heavy atom. The maximum absolute atomic E-state index is 11.4. The lowest BCUT2D eigenvalue weighted by molar-refractivity contribution is 1.08. The number of benzene rings is 1. The van der Waals surface area contributed by atoms with Gasteiger partial charge in [-0.05, 0) is 30.4 Å². The fourth-order valence-corrected chi connectivity index (χ4v) is 1.38. The van der Waals surface area contributed by atoms with Gasteiger partial charge in [0.25, 0.3) is 5.56 Å². The van der Waals surface area contributed by atoms with Gasteiger partial charge in [0.15, 0.2) is 0 Å². The summed E-state index contributed by atoms with van der Waals surface area (Å²) >= 11 is 4.45. The normalized spacial score (nSPS) is 9.87. The highest BCUT2D eigenvalue weighted by Crippen LogP contribution is 2.15. The molecule has 0 aliphatic rings. The second kappa shape index (κ2) is 3.61. The average molecular weight is 219 g/mol. The van der Waals surface area contributed by atoms with E-state index in [1.807, 2.05) is 0 Å². The third-order valence-electron chi connectivity index (χ3n) is 1.90. The molecular formula is C9H5N3O2S. The molecule has 2 rings (SSSR count). The van der Waals surface area contributed by atoms with Gasteiger partial charge in [-0.2, -0.15) is 4.99 Å². The van der Waals surface area contributed by atoms with Gasteiger partial charge in [0.2, 0.25) is 0 Å². The summed E-state index contributed by atoms with van der Waals surface area (Å²) in [5.74, 6) is 0. The molecule has 2 aromatic rings. The first-order valence-electron chi connectivity index (χ1n) is 4.05. The highest BCUT2D eigenvalue weighted by atomic mass is 32.1. The molecular weight excluding hydrogens is 214 g/mol.